The van der Waals surface area contributed by atoms with Crippen molar-refractivity contribution >= 4 is 12.1 Å². The molecule has 1 N–H and O–H groups in total. The summed E-state index contributed by atoms with van der Waals surface area (Å²) in [6.45, 7) is 3.90. The number of nitrogens with one attached hydrogen (secondary N) is 1. The smallest absolute Gasteiger partial charge is 0.320 e. The zero-order valence-corrected chi connectivity index (χ0v) is 15.9. The molecule has 28 heavy (non-hydrogen) atoms. The Balaban J connectivity index is 1.24. The minimum atomic E-state index is -0.0756. The van der Waals surface area contributed by atoms with Crippen molar-refractivity contribution in [1.29, 1.82) is 0 Å². The molecule has 0 spiro atoms. The lowest BCUT2D eigenvalue weighted by Gasteiger charge is -2.36. The maximum Gasteiger partial charge on any atom is 0.320 e. The van der Waals surface area contributed by atoms with Crippen LogP contribution in [0.15, 0.2) is 53.1 Å². The highest BCUT2D eigenvalue weighted by Crippen LogP contribution is 2.22. The van der Waals surface area contributed by atoms with Gasteiger partial charge in [-0.2, -0.15) is 0 Å². The van der Waals surface area contributed by atoms with Gasteiger partial charge in [0.1, 0.15) is 5.76 Å². The summed E-state index contributed by atoms with van der Waals surface area (Å²) < 4.78 is 5.24. The number of likely N-dealkylation sites (tertiary alicyclic amines) is 1. The number of amides is 4. The Bertz CT molecular complexity index is 785. The van der Waals surface area contributed by atoms with Gasteiger partial charge in [-0.25, -0.2) is 9.59 Å². The summed E-state index contributed by atoms with van der Waals surface area (Å²) in [4.78, 5) is 30.9. The molecule has 2 fully saturated rings. The van der Waals surface area contributed by atoms with Crippen LogP contribution in [0.25, 0.3) is 0 Å². The topological polar surface area (TPSA) is 69.0 Å². The molecule has 0 unspecified atom stereocenters. The number of rotatable bonds is 5. The molecule has 2 aliphatic heterocycles. The highest BCUT2D eigenvalue weighted by molar-refractivity contribution is 5.77. The first-order valence-corrected chi connectivity index (χ1v) is 9.85. The Morgan fingerprint density at radius 2 is 1.82 bits per heavy atom. The van der Waals surface area contributed by atoms with Crippen LogP contribution in [0.1, 0.15) is 24.2 Å². The van der Waals surface area contributed by atoms with Gasteiger partial charge in [-0.3, -0.25) is 0 Å². The fraction of sp³-hybridized carbons (Fsp3) is 0.429. The molecule has 2 aliphatic rings. The normalized spacial score (nSPS) is 18.0. The standard InChI is InChI=1S/C21H26N4O3/c26-20(22-15-19-7-4-14-28-19)23-10-8-18(9-11-23)25-13-12-24(21(25)27)16-17-5-2-1-3-6-17/h1-7,14,18H,8-13,15-16H2,(H,22,26). The summed E-state index contributed by atoms with van der Waals surface area (Å²) >= 11 is 0. The molecule has 0 saturated carbocycles. The maximum atomic E-state index is 12.8. The molecule has 1 aromatic carbocycles. The third kappa shape index (κ3) is 4.13. The van der Waals surface area contributed by atoms with Gasteiger partial charge in [-0.15, -0.1) is 0 Å². The minimum absolute atomic E-state index is 0.0756. The van der Waals surface area contributed by atoms with Crippen LogP contribution in [0.2, 0.25) is 0 Å². The molecule has 148 valence electrons. The Labute approximate surface area is 164 Å². The van der Waals surface area contributed by atoms with Gasteiger partial charge < -0.3 is 24.4 Å². The third-order valence-corrected chi connectivity index (χ3v) is 5.53. The molecular formula is C21H26N4O3. The van der Waals surface area contributed by atoms with Crippen molar-refractivity contribution in [3.63, 3.8) is 0 Å². The van der Waals surface area contributed by atoms with Gasteiger partial charge >= 0.3 is 12.1 Å². The number of benzene rings is 1. The first-order chi connectivity index (χ1) is 13.7. The number of nitrogens with zero attached hydrogens (tertiary/aromatic N) is 3. The van der Waals surface area contributed by atoms with Crippen LogP contribution in [0.4, 0.5) is 9.59 Å². The molecule has 4 rings (SSSR count). The lowest BCUT2D eigenvalue weighted by molar-refractivity contribution is 0.134. The lowest BCUT2D eigenvalue weighted by atomic mass is 10.0. The second kappa shape index (κ2) is 8.37. The highest BCUT2D eigenvalue weighted by atomic mass is 16.3. The summed E-state index contributed by atoms with van der Waals surface area (Å²) in [6.07, 6.45) is 3.24. The van der Waals surface area contributed by atoms with Crippen molar-refractivity contribution in [2.75, 3.05) is 26.2 Å². The van der Waals surface area contributed by atoms with Crippen molar-refractivity contribution in [2.45, 2.75) is 32.0 Å². The van der Waals surface area contributed by atoms with Gasteiger partial charge in [0.2, 0.25) is 0 Å². The third-order valence-electron chi connectivity index (χ3n) is 5.53. The Morgan fingerprint density at radius 1 is 1.04 bits per heavy atom. The van der Waals surface area contributed by atoms with Crippen LogP contribution in [0, 0.1) is 0 Å². The van der Waals surface area contributed by atoms with Gasteiger partial charge in [-0.1, -0.05) is 30.3 Å². The van der Waals surface area contributed by atoms with Gasteiger partial charge in [0.25, 0.3) is 0 Å². The van der Waals surface area contributed by atoms with Crippen LogP contribution in [-0.2, 0) is 13.1 Å². The van der Waals surface area contributed by atoms with E-state index in [0.717, 1.165) is 37.3 Å². The monoisotopic (exact) mass is 382 g/mol. The van der Waals surface area contributed by atoms with E-state index in [0.29, 0.717) is 26.2 Å². The average molecular weight is 382 g/mol. The second-order valence-corrected chi connectivity index (χ2v) is 7.34. The van der Waals surface area contributed by atoms with E-state index < -0.39 is 0 Å². The molecule has 0 atom stereocenters. The van der Waals surface area contributed by atoms with Crippen molar-refractivity contribution in [1.82, 2.24) is 20.0 Å². The molecule has 2 aromatic rings. The van der Waals surface area contributed by atoms with Crippen LogP contribution in [0.5, 0.6) is 0 Å². The van der Waals surface area contributed by atoms with Crippen LogP contribution >= 0.6 is 0 Å². The Kier molecular flexibility index (Phi) is 5.50. The number of carbonyl (C=O) groups excluding carboxylic acids is 2. The second-order valence-electron chi connectivity index (χ2n) is 7.34. The molecule has 1 aromatic heterocycles. The summed E-state index contributed by atoms with van der Waals surface area (Å²) in [5, 5.41) is 2.89. The van der Waals surface area contributed by atoms with Crippen molar-refractivity contribution in [2.24, 2.45) is 0 Å². The lowest BCUT2D eigenvalue weighted by Crippen LogP contribution is -2.50. The van der Waals surface area contributed by atoms with Crippen molar-refractivity contribution in [3.8, 4) is 0 Å². The molecule has 3 heterocycles. The Hall–Kier alpha value is -2.96. The van der Waals surface area contributed by atoms with Crippen LogP contribution in [0.3, 0.4) is 0 Å². The van der Waals surface area contributed by atoms with E-state index in [1.54, 1.807) is 12.3 Å². The van der Waals surface area contributed by atoms with E-state index in [1.807, 2.05) is 39.0 Å². The predicted octanol–water partition coefficient (Wildman–Crippen LogP) is 2.89. The van der Waals surface area contributed by atoms with E-state index in [2.05, 4.69) is 17.4 Å². The molecule has 0 aliphatic carbocycles. The highest BCUT2D eigenvalue weighted by Gasteiger charge is 2.35. The summed E-state index contributed by atoms with van der Waals surface area (Å²) in [5.41, 5.74) is 1.15. The van der Waals surface area contributed by atoms with E-state index in [-0.39, 0.29) is 18.1 Å². The fourth-order valence-electron chi connectivity index (χ4n) is 3.96. The molecule has 7 nitrogen and oxygen atoms in total. The molecule has 0 bridgehead atoms. The summed E-state index contributed by atoms with van der Waals surface area (Å²) in [6, 6.07) is 14.0. The molecule has 4 amide bonds. The number of furan rings is 1. The van der Waals surface area contributed by atoms with Crippen LogP contribution in [-0.4, -0.2) is 59.0 Å². The number of hydrogen-bond acceptors (Lipinski definition) is 3. The van der Waals surface area contributed by atoms with Gasteiger partial charge in [0.05, 0.1) is 12.8 Å². The minimum Gasteiger partial charge on any atom is -0.467 e. The van der Waals surface area contributed by atoms with E-state index in [1.165, 1.54) is 0 Å². The molecular weight excluding hydrogens is 356 g/mol. The predicted molar refractivity (Wildman–Crippen MR) is 104 cm³/mol. The van der Waals surface area contributed by atoms with Gasteiger partial charge in [0, 0.05) is 38.8 Å². The fourth-order valence-corrected chi connectivity index (χ4v) is 3.96. The summed E-state index contributed by atoms with van der Waals surface area (Å²) in [5.74, 6) is 0.740. The van der Waals surface area contributed by atoms with Gasteiger partial charge in [0.15, 0.2) is 0 Å². The number of piperidine rings is 1. The first kappa shape index (κ1) is 18.4. The maximum absolute atomic E-state index is 12.8. The average Bonchev–Trinajstić information content (AvgIpc) is 3.38. The zero-order valence-electron chi connectivity index (χ0n) is 15.9. The van der Waals surface area contributed by atoms with E-state index in [4.69, 9.17) is 4.42 Å². The van der Waals surface area contributed by atoms with Crippen molar-refractivity contribution < 1.29 is 14.0 Å². The van der Waals surface area contributed by atoms with Crippen molar-refractivity contribution in [3.05, 3.63) is 60.1 Å². The number of urea groups is 2. The quantitative estimate of drug-likeness (QED) is 0.865. The zero-order chi connectivity index (χ0) is 19.3. The Morgan fingerprint density at radius 3 is 2.54 bits per heavy atom. The number of carbonyl (C=O) groups is 2. The van der Waals surface area contributed by atoms with Crippen LogP contribution < -0.4 is 5.32 Å². The molecule has 0 radical (unpaired) electrons. The summed E-state index contributed by atoms with van der Waals surface area (Å²) in [7, 11) is 0. The molecule has 7 heteroatoms. The number of hydrogen-bond donors (Lipinski definition) is 1. The SMILES string of the molecule is O=C(NCc1ccco1)N1CCC(N2CCN(Cc3ccccc3)C2=O)CC1. The largest absolute Gasteiger partial charge is 0.467 e. The van der Waals surface area contributed by atoms with E-state index >= 15 is 0 Å². The first-order valence-electron chi connectivity index (χ1n) is 9.85. The van der Waals surface area contributed by atoms with E-state index in [9.17, 15) is 9.59 Å². The molecule has 2 saturated heterocycles. The van der Waals surface area contributed by atoms with Gasteiger partial charge in [-0.05, 0) is 30.5 Å².